The molecule has 0 radical (unpaired) electrons. The van der Waals surface area contributed by atoms with Crippen molar-refractivity contribution >= 4 is 17.5 Å². The molecule has 3 aliphatic carbocycles. The second-order valence-corrected chi connectivity index (χ2v) is 8.88. The number of para-hydroxylation sites is 2. The van der Waals surface area contributed by atoms with Crippen LogP contribution in [0.3, 0.4) is 0 Å². The van der Waals surface area contributed by atoms with Crippen molar-refractivity contribution in [3.8, 4) is 5.75 Å². The van der Waals surface area contributed by atoms with Gasteiger partial charge in [0.15, 0.2) is 0 Å². The number of rotatable bonds is 3. The highest BCUT2D eigenvalue weighted by molar-refractivity contribution is 6.24. The lowest BCUT2D eigenvalue weighted by Crippen LogP contribution is -2.58. The summed E-state index contributed by atoms with van der Waals surface area (Å²) in [6, 6.07) is 23.0. The van der Waals surface area contributed by atoms with Crippen LogP contribution in [0.5, 0.6) is 5.75 Å². The highest BCUT2D eigenvalue weighted by Gasteiger charge is 2.69. The maximum Gasteiger partial charge on any atom is 0.239 e. The summed E-state index contributed by atoms with van der Waals surface area (Å²) in [6.45, 7) is 1.74. The number of carbonyl (C=O) groups is 2. The number of aliphatic hydroxyl groups is 1. The van der Waals surface area contributed by atoms with E-state index in [9.17, 15) is 14.7 Å². The van der Waals surface area contributed by atoms with Crippen LogP contribution < -0.4 is 9.64 Å². The molecule has 3 aromatic rings. The molecule has 5 heteroatoms. The SMILES string of the molecule is COc1ccccc1N1C(=O)C2C3c4ccccc4C(C(C)O)(c4ccccc43)C2C1=O. The Hall–Kier alpha value is -3.44. The second kappa shape index (κ2) is 6.53. The summed E-state index contributed by atoms with van der Waals surface area (Å²) in [4.78, 5) is 29.3. The topological polar surface area (TPSA) is 66.8 Å². The molecule has 3 unspecified atom stereocenters. The van der Waals surface area contributed by atoms with Crippen molar-refractivity contribution in [3.05, 3.63) is 95.1 Å². The monoisotopic (exact) mass is 425 g/mol. The normalized spacial score (nSPS) is 28.2. The maximum atomic E-state index is 14.1. The van der Waals surface area contributed by atoms with E-state index in [1.165, 1.54) is 12.0 Å². The predicted octanol–water partition coefficient (Wildman–Crippen LogP) is 3.63. The number of carbonyl (C=O) groups excluding carboxylic acids is 2. The Bertz CT molecular complexity index is 1230. The molecule has 2 bridgehead atoms. The minimum atomic E-state index is -0.990. The third-order valence-corrected chi connectivity index (χ3v) is 7.67. The number of benzene rings is 3. The molecule has 1 N–H and O–H groups in total. The standard InChI is InChI=1S/C27H23NO4/c1-15(29)27-18-11-5-3-9-16(18)22(17-10-4-6-12-19(17)27)23-24(27)26(31)28(25(23)30)20-13-7-8-14-21(20)32-2/h3-15,22-24,29H,1-2H3. The van der Waals surface area contributed by atoms with Crippen LogP contribution in [-0.2, 0) is 15.0 Å². The minimum Gasteiger partial charge on any atom is -0.495 e. The average molecular weight is 425 g/mol. The van der Waals surface area contributed by atoms with Gasteiger partial charge < -0.3 is 9.84 Å². The zero-order chi connectivity index (χ0) is 22.2. The van der Waals surface area contributed by atoms with Crippen LogP contribution >= 0.6 is 0 Å². The van der Waals surface area contributed by atoms with Crippen molar-refractivity contribution < 1.29 is 19.4 Å². The Labute approximate surface area is 186 Å². The van der Waals surface area contributed by atoms with Gasteiger partial charge >= 0.3 is 0 Å². The number of imide groups is 1. The van der Waals surface area contributed by atoms with Gasteiger partial charge in [0.05, 0.1) is 36.2 Å². The number of ether oxygens (including phenoxy) is 1. The molecule has 1 fully saturated rings. The van der Waals surface area contributed by atoms with E-state index in [4.69, 9.17) is 4.74 Å². The van der Waals surface area contributed by atoms with Crippen molar-refractivity contribution in [2.75, 3.05) is 12.0 Å². The van der Waals surface area contributed by atoms with Gasteiger partial charge in [0.2, 0.25) is 11.8 Å². The van der Waals surface area contributed by atoms with Gasteiger partial charge in [-0.3, -0.25) is 9.59 Å². The number of nitrogens with zero attached hydrogens (tertiary/aromatic N) is 1. The fraction of sp³-hybridized carbons (Fsp3) is 0.259. The highest BCUT2D eigenvalue weighted by Crippen LogP contribution is 2.65. The number of hydrogen-bond acceptors (Lipinski definition) is 4. The molecule has 3 aromatic carbocycles. The van der Waals surface area contributed by atoms with E-state index in [1.807, 2.05) is 54.6 Å². The first-order valence-electron chi connectivity index (χ1n) is 10.9. The number of aliphatic hydroxyl groups excluding tert-OH is 1. The molecular weight excluding hydrogens is 402 g/mol. The molecule has 5 nitrogen and oxygen atoms in total. The van der Waals surface area contributed by atoms with Crippen molar-refractivity contribution in [1.82, 2.24) is 0 Å². The Morgan fingerprint density at radius 3 is 2.03 bits per heavy atom. The molecule has 3 atom stereocenters. The van der Waals surface area contributed by atoms with Gasteiger partial charge in [-0.05, 0) is 41.3 Å². The fourth-order valence-electron chi connectivity index (χ4n) is 6.59. The van der Waals surface area contributed by atoms with Crippen molar-refractivity contribution in [3.63, 3.8) is 0 Å². The van der Waals surface area contributed by atoms with E-state index in [0.717, 1.165) is 22.3 Å². The zero-order valence-electron chi connectivity index (χ0n) is 17.9. The first-order valence-corrected chi connectivity index (χ1v) is 10.9. The van der Waals surface area contributed by atoms with Gasteiger partial charge in [-0.25, -0.2) is 4.90 Å². The van der Waals surface area contributed by atoms with Crippen LogP contribution in [0.15, 0.2) is 72.8 Å². The van der Waals surface area contributed by atoms with Crippen LogP contribution in [0.25, 0.3) is 0 Å². The molecule has 0 spiro atoms. The number of anilines is 1. The first kappa shape index (κ1) is 19.3. The summed E-state index contributed by atoms with van der Waals surface area (Å²) < 4.78 is 5.48. The molecule has 32 heavy (non-hydrogen) atoms. The number of amides is 2. The van der Waals surface area contributed by atoms with Crippen LogP contribution in [-0.4, -0.2) is 30.1 Å². The van der Waals surface area contributed by atoms with E-state index in [1.54, 1.807) is 25.1 Å². The van der Waals surface area contributed by atoms with Gasteiger partial charge in [0.25, 0.3) is 0 Å². The Morgan fingerprint density at radius 1 is 0.875 bits per heavy atom. The second-order valence-electron chi connectivity index (χ2n) is 8.88. The molecule has 4 aliphatic rings. The summed E-state index contributed by atoms with van der Waals surface area (Å²) in [5.41, 5.74) is 3.40. The lowest BCUT2D eigenvalue weighted by molar-refractivity contribution is -0.126. The van der Waals surface area contributed by atoms with E-state index < -0.39 is 23.4 Å². The van der Waals surface area contributed by atoms with Crippen molar-refractivity contribution in [1.29, 1.82) is 0 Å². The van der Waals surface area contributed by atoms with Crippen LogP contribution in [0.2, 0.25) is 0 Å². The third-order valence-electron chi connectivity index (χ3n) is 7.67. The van der Waals surface area contributed by atoms with E-state index >= 15 is 0 Å². The van der Waals surface area contributed by atoms with Gasteiger partial charge in [-0.1, -0.05) is 60.7 Å². The van der Waals surface area contributed by atoms with Gasteiger partial charge in [-0.15, -0.1) is 0 Å². The summed E-state index contributed by atoms with van der Waals surface area (Å²) in [5.74, 6) is -1.53. The molecule has 1 aliphatic heterocycles. The lowest BCUT2D eigenvalue weighted by atomic mass is 9.46. The van der Waals surface area contributed by atoms with Gasteiger partial charge in [0.1, 0.15) is 5.75 Å². The van der Waals surface area contributed by atoms with Gasteiger partial charge in [-0.2, -0.15) is 0 Å². The lowest BCUT2D eigenvalue weighted by Gasteiger charge is -2.55. The quantitative estimate of drug-likeness (QED) is 0.651. The van der Waals surface area contributed by atoms with E-state index in [0.29, 0.717) is 11.4 Å². The van der Waals surface area contributed by atoms with E-state index in [-0.39, 0.29) is 17.7 Å². The number of methoxy groups -OCH3 is 1. The van der Waals surface area contributed by atoms with Crippen LogP contribution in [0, 0.1) is 11.8 Å². The molecule has 0 saturated carbocycles. The molecule has 2 amide bonds. The summed E-state index contributed by atoms with van der Waals surface area (Å²) in [5, 5.41) is 11.3. The first-order chi connectivity index (χ1) is 15.5. The minimum absolute atomic E-state index is 0.232. The molecule has 160 valence electrons. The largest absolute Gasteiger partial charge is 0.495 e. The van der Waals surface area contributed by atoms with E-state index in [2.05, 4.69) is 0 Å². The summed E-state index contributed by atoms with van der Waals surface area (Å²) in [7, 11) is 1.53. The average Bonchev–Trinajstić information content (AvgIpc) is 3.09. The van der Waals surface area contributed by atoms with Crippen LogP contribution in [0.1, 0.15) is 35.1 Å². The zero-order valence-corrected chi connectivity index (χ0v) is 17.9. The Balaban J connectivity index is 1.66. The molecule has 1 saturated heterocycles. The Morgan fingerprint density at radius 2 is 1.44 bits per heavy atom. The fourth-order valence-corrected chi connectivity index (χ4v) is 6.59. The molecule has 0 aromatic heterocycles. The third kappa shape index (κ3) is 2.07. The van der Waals surface area contributed by atoms with Crippen molar-refractivity contribution in [2.45, 2.75) is 24.4 Å². The van der Waals surface area contributed by atoms with Gasteiger partial charge in [0, 0.05) is 5.92 Å². The Kier molecular flexibility index (Phi) is 3.93. The highest BCUT2D eigenvalue weighted by atomic mass is 16.5. The maximum absolute atomic E-state index is 14.1. The summed E-state index contributed by atoms with van der Waals surface area (Å²) in [6.07, 6.45) is -0.868. The number of hydrogen-bond donors (Lipinski definition) is 1. The van der Waals surface area contributed by atoms with Crippen molar-refractivity contribution in [2.24, 2.45) is 11.8 Å². The predicted molar refractivity (Wildman–Crippen MR) is 120 cm³/mol. The molecule has 1 heterocycles. The molecular formula is C27H23NO4. The summed E-state index contributed by atoms with van der Waals surface area (Å²) >= 11 is 0. The smallest absolute Gasteiger partial charge is 0.239 e. The molecule has 7 rings (SSSR count). The van der Waals surface area contributed by atoms with Crippen LogP contribution in [0.4, 0.5) is 5.69 Å².